The van der Waals surface area contributed by atoms with Crippen molar-refractivity contribution in [3.8, 4) is 0 Å². The van der Waals surface area contributed by atoms with E-state index in [0.717, 1.165) is 13.8 Å². The fraction of sp³-hybridized carbons (Fsp3) is 0.875. The van der Waals surface area contributed by atoms with Crippen LogP contribution < -0.4 is 0 Å². The van der Waals surface area contributed by atoms with Crippen molar-refractivity contribution in [1.82, 2.24) is 0 Å². The van der Waals surface area contributed by atoms with Crippen molar-refractivity contribution < 1.29 is 16.4 Å². The lowest BCUT2D eigenvalue weighted by atomic mass is 9.91. The second kappa shape index (κ2) is 4.72. The van der Waals surface area contributed by atoms with E-state index in [1.807, 2.05) is 0 Å². The smallest absolute Gasteiger partial charge is 0.311 e. The highest BCUT2D eigenvalue weighted by Gasteiger charge is 2.30. The number of carbonyl (C=O) groups excluding carboxylic acids is 1. The van der Waals surface area contributed by atoms with E-state index in [2.05, 4.69) is 4.74 Å². The molecular formula is C8H13Cl3O2. The van der Waals surface area contributed by atoms with Gasteiger partial charge < -0.3 is 4.74 Å². The van der Waals surface area contributed by atoms with Crippen LogP contribution in [-0.4, -0.2) is 16.4 Å². The van der Waals surface area contributed by atoms with Gasteiger partial charge in [-0.15, -0.1) is 0 Å². The van der Waals surface area contributed by atoms with Crippen molar-refractivity contribution >= 4 is 40.8 Å². The summed E-state index contributed by atoms with van der Waals surface area (Å²) in [5, 5.41) is 0. The van der Waals surface area contributed by atoms with Gasteiger partial charge in [-0.25, -0.2) is 0 Å². The van der Waals surface area contributed by atoms with Crippen LogP contribution in [0.1, 0.15) is 33.9 Å². The van der Waals surface area contributed by atoms with Crippen LogP contribution in [0.3, 0.4) is 0 Å². The Hall–Kier alpha value is 0.340. The SMILES string of the molecule is [2H]C([2H])([2H])C(C)(C(=O)OCC(Cl)(Cl)Cl)C([2H])([2H])C. The molecule has 0 N–H and O–H groups in total. The Bertz CT molecular complexity index is 304. The van der Waals surface area contributed by atoms with Gasteiger partial charge >= 0.3 is 5.97 Å². The lowest BCUT2D eigenvalue weighted by Gasteiger charge is -2.21. The molecule has 0 saturated heterocycles. The largest absolute Gasteiger partial charge is 0.461 e. The number of ether oxygens (including phenoxy) is 1. The van der Waals surface area contributed by atoms with Crippen LogP contribution in [0.15, 0.2) is 0 Å². The zero-order chi connectivity index (χ0) is 15.0. The van der Waals surface area contributed by atoms with Gasteiger partial charge in [0.1, 0.15) is 6.61 Å². The number of hydrogen-bond donors (Lipinski definition) is 0. The van der Waals surface area contributed by atoms with Crippen LogP contribution in [0.2, 0.25) is 0 Å². The number of hydrogen-bond acceptors (Lipinski definition) is 2. The predicted octanol–water partition coefficient (Wildman–Crippen LogP) is 3.34. The van der Waals surface area contributed by atoms with Crippen molar-refractivity contribution in [2.75, 3.05) is 6.61 Å². The van der Waals surface area contributed by atoms with E-state index in [1.54, 1.807) is 0 Å². The van der Waals surface area contributed by atoms with Crippen molar-refractivity contribution in [3.05, 3.63) is 0 Å². The second-order valence-electron chi connectivity index (χ2n) is 2.57. The lowest BCUT2D eigenvalue weighted by molar-refractivity contribution is -0.153. The molecule has 0 bridgehead atoms. The first kappa shape index (κ1) is 6.76. The third-order valence-corrected chi connectivity index (χ3v) is 1.60. The Morgan fingerprint density at radius 1 is 1.62 bits per heavy atom. The van der Waals surface area contributed by atoms with E-state index >= 15 is 0 Å². The van der Waals surface area contributed by atoms with Gasteiger partial charge in [0.2, 0.25) is 3.79 Å². The van der Waals surface area contributed by atoms with Gasteiger partial charge in [-0.1, -0.05) is 41.7 Å². The summed E-state index contributed by atoms with van der Waals surface area (Å²) in [7, 11) is 0. The Balaban J connectivity index is 5.21. The van der Waals surface area contributed by atoms with Gasteiger partial charge in [0, 0.05) is 6.85 Å². The van der Waals surface area contributed by atoms with Crippen molar-refractivity contribution in [3.63, 3.8) is 0 Å². The Labute approximate surface area is 101 Å². The standard InChI is InChI=1S/C8H13Cl3O2/c1-4-7(2,3)6(12)13-5-8(9,10)11/h4-5H2,1-3H3/i2D3,4D2. The molecule has 0 rings (SSSR count). The van der Waals surface area contributed by atoms with Crippen LogP contribution in [0.5, 0.6) is 0 Å². The fourth-order valence-electron chi connectivity index (χ4n) is 0.394. The number of esters is 1. The highest BCUT2D eigenvalue weighted by Crippen LogP contribution is 2.28. The van der Waals surface area contributed by atoms with E-state index in [1.165, 1.54) is 0 Å². The van der Waals surface area contributed by atoms with Crippen LogP contribution in [0, 0.1) is 5.41 Å². The van der Waals surface area contributed by atoms with Crippen molar-refractivity contribution in [2.24, 2.45) is 5.41 Å². The molecule has 0 fully saturated rings. The molecule has 13 heavy (non-hydrogen) atoms. The molecule has 1 unspecified atom stereocenters. The quantitative estimate of drug-likeness (QED) is 0.569. The Kier molecular flexibility index (Phi) is 2.45. The molecule has 78 valence electrons. The summed E-state index contributed by atoms with van der Waals surface area (Å²) in [5.74, 6) is -1.28. The summed E-state index contributed by atoms with van der Waals surface area (Å²) in [6.45, 7) is -1.61. The average Bonchev–Trinajstić information content (AvgIpc) is 2.07. The zero-order valence-corrected chi connectivity index (χ0v) is 9.43. The minimum absolute atomic E-state index is 0.655. The molecule has 0 heterocycles. The number of alkyl halides is 3. The molecular weight excluding hydrogens is 234 g/mol. The van der Waals surface area contributed by atoms with Gasteiger partial charge in [-0.2, -0.15) is 0 Å². The van der Waals surface area contributed by atoms with E-state index in [9.17, 15) is 4.79 Å². The topological polar surface area (TPSA) is 26.3 Å². The molecule has 0 saturated carbocycles. The number of carbonyl (C=O) groups is 1. The first-order valence-corrected chi connectivity index (χ1v) is 4.50. The van der Waals surface area contributed by atoms with Crippen LogP contribution in [-0.2, 0) is 9.53 Å². The summed E-state index contributed by atoms with van der Waals surface area (Å²) < 4.78 is 39.6. The fourth-order valence-corrected chi connectivity index (χ4v) is 0.557. The van der Waals surface area contributed by atoms with E-state index < -0.39 is 35.0 Å². The molecule has 0 aromatic carbocycles. The molecule has 0 aliphatic rings. The Morgan fingerprint density at radius 3 is 2.46 bits per heavy atom. The molecule has 0 spiro atoms. The zero-order valence-electron chi connectivity index (χ0n) is 12.2. The lowest BCUT2D eigenvalue weighted by Crippen LogP contribution is -2.29. The van der Waals surface area contributed by atoms with Gasteiger partial charge in [0.05, 0.1) is 5.41 Å². The molecule has 0 aromatic heterocycles. The first-order chi connectivity index (χ1) is 7.63. The van der Waals surface area contributed by atoms with Crippen LogP contribution in [0.25, 0.3) is 0 Å². The molecule has 2 nitrogen and oxygen atoms in total. The summed E-state index contributed by atoms with van der Waals surface area (Å²) in [5.41, 5.74) is -2.35. The average molecular weight is 253 g/mol. The number of halogens is 3. The van der Waals surface area contributed by atoms with Crippen molar-refractivity contribution in [1.29, 1.82) is 0 Å². The summed E-state index contributed by atoms with van der Waals surface area (Å²) >= 11 is 16.1. The van der Waals surface area contributed by atoms with Gasteiger partial charge in [0.15, 0.2) is 0 Å². The predicted molar refractivity (Wildman–Crippen MR) is 55.3 cm³/mol. The molecule has 0 aromatic rings. The molecule has 0 radical (unpaired) electrons. The highest BCUT2D eigenvalue weighted by molar-refractivity contribution is 6.67. The van der Waals surface area contributed by atoms with E-state index in [4.69, 9.17) is 41.7 Å². The third-order valence-electron chi connectivity index (χ3n) is 1.28. The monoisotopic (exact) mass is 251 g/mol. The maximum Gasteiger partial charge on any atom is 0.311 e. The maximum absolute atomic E-state index is 11.8. The highest BCUT2D eigenvalue weighted by atomic mass is 35.6. The molecule has 0 amide bonds. The normalized spacial score (nSPS) is 24.2. The van der Waals surface area contributed by atoms with Crippen LogP contribution in [0.4, 0.5) is 0 Å². The molecule has 0 aliphatic carbocycles. The van der Waals surface area contributed by atoms with E-state index in [-0.39, 0.29) is 0 Å². The van der Waals surface area contributed by atoms with Crippen molar-refractivity contribution in [2.45, 2.75) is 30.9 Å². The van der Waals surface area contributed by atoms with Gasteiger partial charge in [-0.3, -0.25) is 4.79 Å². The van der Waals surface area contributed by atoms with Crippen LogP contribution >= 0.6 is 34.8 Å². The van der Waals surface area contributed by atoms with E-state index in [0.29, 0.717) is 0 Å². The second-order valence-corrected chi connectivity index (χ2v) is 5.08. The Morgan fingerprint density at radius 2 is 2.15 bits per heavy atom. The molecule has 0 aliphatic heterocycles. The first-order valence-electron chi connectivity index (χ1n) is 5.87. The summed E-state index contributed by atoms with van der Waals surface area (Å²) in [4.78, 5) is 11.8. The summed E-state index contributed by atoms with van der Waals surface area (Å²) in [6, 6.07) is 0. The minimum atomic E-state index is -2.89. The molecule has 1 atom stereocenters. The maximum atomic E-state index is 11.8. The number of rotatable bonds is 3. The summed E-state index contributed by atoms with van der Waals surface area (Å²) in [6.07, 6.45) is -2.33. The molecule has 5 heteroatoms. The minimum Gasteiger partial charge on any atom is -0.461 e. The van der Waals surface area contributed by atoms with Gasteiger partial charge in [0.25, 0.3) is 0 Å². The van der Waals surface area contributed by atoms with Gasteiger partial charge in [-0.05, 0) is 20.1 Å². The third kappa shape index (κ3) is 5.61.